The number of pyridine rings is 1. The number of amides is 1. The highest BCUT2D eigenvalue weighted by molar-refractivity contribution is 5.92. The number of benzene rings is 1. The Bertz CT molecular complexity index is 1360. The maximum absolute atomic E-state index is 12.6. The van der Waals surface area contributed by atoms with Crippen LogP contribution in [-0.4, -0.2) is 42.0 Å². The van der Waals surface area contributed by atoms with Crippen molar-refractivity contribution in [3.8, 4) is 17.2 Å². The molecule has 0 fully saturated rings. The molecular weight excluding hydrogens is 438 g/mol. The predicted molar refractivity (Wildman–Crippen MR) is 127 cm³/mol. The van der Waals surface area contributed by atoms with Gasteiger partial charge in [0.1, 0.15) is 17.3 Å². The van der Waals surface area contributed by atoms with Gasteiger partial charge in [-0.25, -0.2) is 4.98 Å². The van der Waals surface area contributed by atoms with Crippen molar-refractivity contribution < 1.29 is 23.4 Å². The van der Waals surface area contributed by atoms with E-state index in [2.05, 4.69) is 20.9 Å². The molecule has 1 aromatic carbocycles. The fourth-order valence-electron chi connectivity index (χ4n) is 3.92. The summed E-state index contributed by atoms with van der Waals surface area (Å²) in [5.41, 5.74) is 8.97. The smallest absolute Gasteiger partial charge is 0.305 e. The Labute approximate surface area is 196 Å². The number of fused-ring (bicyclic) bond motifs is 1. The Morgan fingerprint density at radius 2 is 1.74 bits per heavy atom. The van der Waals surface area contributed by atoms with E-state index in [9.17, 15) is 4.79 Å². The van der Waals surface area contributed by atoms with Crippen LogP contribution < -0.4 is 25.1 Å². The van der Waals surface area contributed by atoms with Crippen LogP contribution in [0.3, 0.4) is 0 Å². The lowest BCUT2D eigenvalue weighted by molar-refractivity contribution is 0.0933. The normalized spacial score (nSPS) is 10.9. The standard InChI is InChI=1S/C24H27N5O5/c1-13-9-21(25-23-22(13)14(2)28-29(23)3)26-27-24(30)17-8-7-16(34-17)10-15-11-19(32-5)20(33-6)12-18(15)31-4/h7-9,11-12H,10H2,1-6H3,(H,25,26)(H,27,30). The first kappa shape index (κ1) is 23.0. The maximum Gasteiger partial charge on any atom is 0.305 e. The minimum Gasteiger partial charge on any atom is -0.496 e. The monoisotopic (exact) mass is 465 g/mol. The molecule has 1 amide bonds. The van der Waals surface area contributed by atoms with Gasteiger partial charge in [-0.05, 0) is 43.7 Å². The van der Waals surface area contributed by atoms with E-state index in [4.69, 9.17) is 18.6 Å². The summed E-state index contributed by atoms with van der Waals surface area (Å²) in [7, 11) is 6.55. The van der Waals surface area contributed by atoms with Crippen LogP contribution in [0.2, 0.25) is 0 Å². The number of hydrazine groups is 1. The first-order valence-electron chi connectivity index (χ1n) is 10.6. The van der Waals surface area contributed by atoms with Crippen LogP contribution in [0.25, 0.3) is 11.0 Å². The highest BCUT2D eigenvalue weighted by Gasteiger charge is 2.17. The van der Waals surface area contributed by atoms with Gasteiger partial charge >= 0.3 is 5.91 Å². The van der Waals surface area contributed by atoms with Gasteiger partial charge in [0.2, 0.25) is 0 Å². The Morgan fingerprint density at radius 1 is 1.03 bits per heavy atom. The summed E-state index contributed by atoms with van der Waals surface area (Å²) < 4.78 is 23.7. The molecule has 34 heavy (non-hydrogen) atoms. The zero-order valence-electron chi connectivity index (χ0n) is 20.0. The molecular formula is C24H27N5O5. The Balaban J connectivity index is 1.47. The van der Waals surface area contributed by atoms with E-state index in [1.54, 1.807) is 44.2 Å². The molecule has 0 saturated carbocycles. The molecule has 4 rings (SSSR count). The molecule has 0 aliphatic rings. The van der Waals surface area contributed by atoms with Crippen molar-refractivity contribution in [2.75, 3.05) is 26.8 Å². The van der Waals surface area contributed by atoms with E-state index < -0.39 is 5.91 Å². The minimum atomic E-state index is -0.425. The van der Waals surface area contributed by atoms with Gasteiger partial charge < -0.3 is 18.6 Å². The van der Waals surface area contributed by atoms with Crippen LogP contribution in [0, 0.1) is 13.8 Å². The summed E-state index contributed by atoms with van der Waals surface area (Å²) in [5, 5.41) is 5.41. The van der Waals surface area contributed by atoms with Crippen molar-refractivity contribution >= 4 is 22.8 Å². The molecule has 3 aromatic heterocycles. The third-order valence-electron chi connectivity index (χ3n) is 5.51. The van der Waals surface area contributed by atoms with Crippen molar-refractivity contribution in [1.82, 2.24) is 20.2 Å². The van der Waals surface area contributed by atoms with Crippen LogP contribution in [-0.2, 0) is 13.5 Å². The Kier molecular flexibility index (Phi) is 6.31. The molecule has 178 valence electrons. The summed E-state index contributed by atoms with van der Waals surface area (Å²) in [6.45, 7) is 3.92. The predicted octanol–water partition coefficient (Wildman–Crippen LogP) is 3.55. The second kappa shape index (κ2) is 9.34. The van der Waals surface area contributed by atoms with E-state index >= 15 is 0 Å². The molecule has 2 N–H and O–H groups in total. The molecule has 0 bridgehead atoms. The van der Waals surface area contributed by atoms with E-state index in [1.165, 1.54) is 0 Å². The summed E-state index contributed by atoms with van der Waals surface area (Å²) in [6.07, 6.45) is 0.404. The van der Waals surface area contributed by atoms with Gasteiger partial charge in [-0.2, -0.15) is 5.10 Å². The van der Waals surface area contributed by atoms with Gasteiger partial charge in [-0.1, -0.05) is 0 Å². The average Bonchev–Trinajstić information content (AvgIpc) is 3.41. The number of carbonyl (C=O) groups excluding carboxylic acids is 1. The highest BCUT2D eigenvalue weighted by Crippen LogP contribution is 2.35. The van der Waals surface area contributed by atoms with Crippen LogP contribution in [0.4, 0.5) is 5.82 Å². The van der Waals surface area contributed by atoms with E-state index in [0.29, 0.717) is 35.2 Å². The van der Waals surface area contributed by atoms with Gasteiger partial charge in [-0.3, -0.25) is 20.3 Å². The van der Waals surface area contributed by atoms with Crippen LogP contribution in [0.1, 0.15) is 33.1 Å². The number of nitrogens with zero attached hydrogens (tertiary/aromatic N) is 3. The van der Waals surface area contributed by atoms with E-state index in [0.717, 1.165) is 27.9 Å². The quantitative estimate of drug-likeness (QED) is 0.380. The number of hydrogen-bond donors (Lipinski definition) is 2. The number of furan rings is 1. The number of hydrogen-bond acceptors (Lipinski definition) is 8. The average molecular weight is 466 g/mol. The Morgan fingerprint density at radius 3 is 2.44 bits per heavy atom. The van der Waals surface area contributed by atoms with Crippen LogP contribution >= 0.6 is 0 Å². The number of carbonyl (C=O) groups is 1. The number of nitrogens with one attached hydrogen (secondary N) is 2. The van der Waals surface area contributed by atoms with Crippen molar-refractivity contribution in [2.45, 2.75) is 20.3 Å². The summed E-state index contributed by atoms with van der Waals surface area (Å²) in [6, 6.07) is 8.80. The molecule has 3 heterocycles. The summed E-state index contributed by atoms with van der Waals surface area (Å²) in [4.78, 5) is 17.2. The SMILES string of the molecule is COc1cc(OC)c(OC)cc1Cc1ccc(C(=O)NNc2cc(C)c3c(C)nn(C)c3n2)o1. The second-order valence-electron chi connectivity index (χ2n) is 7.77. The summed E-state index contributed by atoms with van der Waals surface area (Å²) in [5.74, 6) is 2.61. The number of aryl methyl sites for hydroxylation is 3. The van der Waals surface area contributed by atoms with Gasteiger partial charge in [0, 0.05) is 30.5 Å². The summed E-state index contributed by atoms with van der Waals surface area (Å²) >= 11 is 0. The van der Waals surface area contributed by atoms with E-state index in [-0.39, 0.29) is 5.76 Å². The van der Waals surface area contributed by atoms with Crippen molar-refractivity contribution in [3.63, 3.8) is 0 Å². The fourth-order valence-corrected chi connectivity index (χ4v) is 3.92. The molecule has 0 saturated heterocycles. The highest BCUT2D eigenvalue weighted by atomic mass is 16.5. The maximum atomic E-state index is 12.6. The van der Waals surface area contributed by atoms with Crippen LogP contribution in [0.15, 0.2) is 34.7 Å². The van der Waals surface area contributed by atoms with Gasteiger partial charge in [0.05, 0.1) is 27.0 Å². The first-order chi connectivity index (χ1) is 16.3. The lowest BCUT2D eigenvalue weighted by atomic mass is 10.1. The van der Waals surface area contributed by atoms with Crippen LogP contribution in [0.5, 0.6) is 17.2 Å². The number of anilines is 1. The molecule has 0 radical (unpaired) electrons. The van der Waals surface area contributed by atoms with Crippen molar-refractivity contribution in [3.05, 3.63) is 58.7 Å². The number of ether oxygens (including phenoxy) is 3. The molecule has 10 nitrogen and oxygen atoms in total. The molecule has 0 spiro atoms. The number of methoxy groups -OCH3 is 3. The largest absolute Gasteiger partial charge is 0.496 e. The molecule has 10 heteroatoms. The third kappa shape index (κ3) is 4.34. The number of aromatic nitrogens is 3. The van der Waals surface area contributed by atoms with Gasteiger partial charge in [0.15, 0.2) is 22.9 Å². The molecule has 0 atom stereocenters. The molecule has 4 aromatic rings. The number of rotatable bonds is 8. The van der Waals surface area contributed by atoms with E-state index in [1.807, 2.05) is 33.0 Å². The molecule has 0 aliphatic carbocycles. The zero-order chi connectivity index (χ0) is 24.4. The molecule has 0 aliphatic heterocycles. The van der Waals surface area contributed by atoms with Crippen molar-refractivity contribution in [1.29, 1.82) is 0 Å². The third-order valence-corrected chi connectivity index (χ3v) is 5.51. The minimum absolute atomic E-state index is 0.163. The Hall–Kier alpha value is -4.21. The first-order valence-corrected chi connectivity index (χ1v) is 10.6. The topological polar surface area (TPSA) is 113 Å². The lowest BCUT2D eigenvalue weighted by Gasteiger charge is -2.13. The molecule has 0 unspecified atom stereocenters. The zero-order valence-corrected chi connectivity index (χ0v) is 20.0. The van der Waals surface area contributed by atoms with Crippen molar-refractivity contribution in [2.24, 2.45) is 7.05 Å². The lowest BCUT2D eigenvalue weighted by Crippen LogP contribution is -2.29. The van der Waals surface area contributed by atoms with Gasteiger partial charge in [-0.15, -0.1) is 0 Å². The second-order valence-corrected chi connectivity index (χ2v) is 7.77. The van der Waals surface area contributed by atoms with Gasteiger partial charge in [0.25, 0.3) is 0 Å². The fraction of sp³-hybridized carbons (Fsp3) is 0.292.